The molecule has 1 saturated carbocycles. The molecule has 1 heterocycles. The summed E-state index contributed by atoms with van der Waals surface area (Å²) in [5, 5.41) is 0. The molecule has 1 aromatic heterocycles. The zero-order valence-electron chi connectivity index (χ0n) is 13.7. The average Bonchev–Trinajstić information content (AvgIpc) is 2.58. The molecule has 4 heteroatoms. The number of thioether (sulfide) groups is 1. The van der Waals surface area contributed by atoms with Crippen molar-refractivity contribution in [2.75, 3.05) is 11.5 Å². The van der Waals surface area contributed by atoms with E-state index in [4.69, 9.17) is 0 Å². The summed E-state index contributed by atoms with van der Waals surface area (Å²) in [4.78, 5) is 19.0. The smallest absolute Gasteiger partial charge is 0.233 e. The molecule has 0 aromatic carbocycles. The number of carbonyl (C=O) groups is 1. The van der Waals surface area contributed by atoms with E-state index in [0.29, 0.717) is 24.2 Å². The van der Waals surface area contributed by atoms with Gasteiger partial charge in [-0.1, -0.05) is 38.7 Å². The monoisotopic (exact) mass is 320 g/mol. The fourth-order valence-electron chi connectivity index (χ4n) is 2.99. The van der Waals surface area contributed by atoms with E-state index in [-0.39, 0.29) is 0 Å². The van der Waals surface area contributed by atoms with Crippen LogP contribution < -0.4 is 0 Å². The van der Waals surface area contributed by atoms with Crippen LogP contribution in [-0.4, -0.2) is 33.3 Å². The highest BCUT2D eigenvalue weighted by Gasteiger charge is 2.25. The summed E-state index contributed by atoms with van der Waals surface area (Å²) in [5.41, 5.74) is 1.14. The Morgan fingerprint density at radius 3 is 2.86 bits per heavy atom. The molecule has 1 amide bonds. The van der Waals surface area contributed by atoms with Gasteiger partial charge in [-0.15, -0.1) is 0 Å². The van der Waals surface area contributed by atoms with Gasteiger partial charge in [0, 0.05) is 25.0 Å². The van der Waals surface area contributed by atoms with Crippen LogP contribution >= 0.6 is 11.8 Å². The Morgan fingerprint density at radius 1 is 1.36 bits per heavy atom. The maximum Gasteiger partial charge on any atom is 0.233 e. The van der Waals surface area contributed by atoms with Crippen LogP contribution in [0, 0.1) is 0 Å². The molecule has 0 aliphatic heterocycles. The highest BCUT2D eigenvalue weighted by Crippen LogP contribution is 2.25. The minimum absolute atomic E-state index is 0.303. The van der Waals surface area contributed by atoms with Gasteiger partial charge in [-0.3, -0.25) is 9.78 Å². The van der Waals surface area contributed by atoms with E-state index in [1.165, 1.54) is 32.1 Å². The maximum atomic E-state index is 12.7. The van der Waals surface area contributed by atoms with Crippen molar-refractivity contribution in [3.8, 4) is 0 Å². The molecule has 22 heavy (non-hydrogen) atoms. The van der Waals surface area contributed by atoms with Crippen LogP contribution in [-0.2, 0) is 11.3 Å². The maximum absolute atomic E-state index is 12.7. The van der Waals surface area contributed by atoms with Gasteiger partial charge in [-0.25, -0.2) is 0 Å². The average molecular weight is 321 g/mol. The van der Waals surface area contributed by atoms with E-state index in [1.54, 1.807) is 18.0 Å². The van der Waals surface area contributed by atoms with E-state index in [9.17, 15) is 4.79 Å². The molecule has 1 aromatic rings. The van der Waals surface area contributed by atoms with E-state index in [2.05, 4.69) is 22.9 Å². The number of amides is 1. The predicted molar refractivity (Wildman–Crippen MR) is 93.9 cm³/mol. The highest BCUT2D eigenvalue weighted by atomic mass is 32.2. The van der Waals surface area contributed by atoms with E-state index in [0.717, 1.165) is 24.2 Å². The third-order valence-corrected chi connectivity index (χ3v) is 5.31. The topological polar surface area (TPSA) is 33.2 Å². The quantitative estimate of drug-likeness (QED) is 0.670. The van der Waals surface area contributed by atoms with Crippen molar-refractivity contribution in [3.05, 3.63) is 30.1 Å². The lowest BCUT2D eigenvalue weighted by atomic mass is 9.94. The zero-order valence-corrected chi connectivity index (χ0v) is 14.5. The number of nitrogens with zero attached hydrogens (tertiary/aromatic N) is 2. The lowest BCUT2D eigenvalue weighted by molar-refractivity contribution is -0.132. The van der Waals surface area contributed by atoms with Crippen molar-refractivity contribution in [3.63, 3.8) is 0 Å². The summed E-state index contributed by atoms with van der Waals surface area (Å²) in [6.07, 6.45) is 12.2. The first-order valence-corrected chi connectivity index (χ1v) is 9.73. The number of hydrogen-bond acceptors (Lipinski definition) is 3. The molecule has 0 N–H and O–H groups in total. The molecule has 122 valence electrons. The molecule has 1 fully saturated rings. The Labute approximate surface area is 138 Å². The van der Waals surface area contributed by atoms with Gasteiger partial charge >= 0.3 is 0 Å². The van der Waals surface area contributed by atoms with Crippen molar-refractivity contribution < 1.29 is 4.79 Å². The molecule has 2 rings (SSSR count). The van der Waals surface area contributed by atoms with Crippen molar-refractivity contribution >= 4 is 17.7 Å². The largest absolute Gasteiger partial charge is 0.335 e. The van der Waals surface area contributed by atoms with Gasteiger partial charge in [-0.2, -0.15) is 11.8 Å². The normalized spacial score (nSPS) is 15.7. The number of rotatable bonds is 8. The third kappa shape index (κ3) is 5.64. The van der Waals surface area contributed by atoms with Crippen molar-refractivity contribution in [2.24, 2.45) is 0 Å². The lowest BCUT2D eigenvalue weighted by Crippen LogP contribution is -2.42. The molecule has 1 aliphatic rings. The molecule has 0 saturated heterocycles. The molecule has 0 spiro atoms. The summed E-state index contributed by atoms with van der Waals surface area (Å²) >= 11 is 1.78. The Balaban J connectivity index is 1.95. The van der Waals surface area contributed by atoms with Crippen molar-refractivity contribution in [1.29, 1.82) is 0 Å². The summed E-state index contributed by atoms with van der Waals surface area (Å²) < 4.78 is 0. The van der Waals surface area contributed by atoms with Crippen LogP contribution in [0.15, 0.2) is 24.5 Å². The Hall–Kier alpha value is -1.03. The van der Waals surface area contributed by atoms with Crippen LogP contribution in [0.2, 0.25) is 0 Å². The number of hydrogen-bond donors (Lipinski definition) is 0. The van der Waals surface area contributed by atoms with E-state index in [1.807, 2.05) is 12.3 Å². The second-order valence-electron chi connectivity index (χ2n) is 6.08. The van der Waals surface area contributed by atoms with Gasteiger partial charge in [0.2, 0.25) is 5.91 Å². The number of carbonyl (C=O) groups excluding carboxylic acids is 1. The molecule has 1 aliphatic carbocycles. The number of pyridine rings is 1. The SMILES string of the molecule is CCCCSCC(=O)N(Cc1cccnc1)C1CCCCC1. The van der Waals surface area contributed by atoms with E-state index < -0.39 is 0 Å². The summed E-state index contributed by atoms with van der Waals surface area (Å²) in [6, 6.07) is 4.45. The van der Waals surface area contributed by atoms with Crippen molar-refractivity contribution in [1.82, 2.24) is 9.88 Å². The fraction of sp³-hybridized carbons (Fsp3) is 0.667. The second-order valence-corrected chi connectivity index (χ2v) is 7.19. The van der Waals surface area contributed by atoms with Crippen LogP contribution in [0.1, 0.15) is 57.4 Å². The van der Waals surface area contributed by atoms with Crippen LogP contribution in [0.25, 0.3) is 0 Å². The molecule has 3 nitrogen and oxygen atoms in total. The molecule has 0 bridgehead atoms. The first-order chi connectivity index (χ1) is 10.8. The number of unbranched alkanes of at least 4 members (excludes halogenated alkanes) is 1. The van der Waals surface area contributed by atoms with Gasteiger partial charge in [0.15, 0.2) is 0 Å². The van der Waals surface area contributed by atoms with Crippen LogP contribution in [0.4, 0.5) is 0 Å². The molecule has 0 unspecified atom stereocenters. The summed E-state index contributed by atoms with van der Waals surface area (Å²) in [5.74, 6) is 2.02. The van der Waals surface area contributed by atoms with Gasteiger partial charge < -0.3 is 4.90 Å². The van der Waals surface area contributed by atoms with Crippen molar-refractivity contribution in [2.45, 2.75) is 64.5 Å². The van der Waals surface area contributed by atoms with Gasteiger partial charge in [0.1, 0.15) is 0 Å². The molecule has 0 radical (unpaired) electrons. The highest BCUT2D eigenvalue weighted by molar-refractivity contribution is 7.99. The molecular formula is C18H28N2OS. The molecule has 0 atom stereocenters. The molecular weight excluding hydrogens is 292 g/mol. The minimum Gasteiger partial charge on any atom is -0.335 e. The zero-order chi connectivity index (χ0) is 15.6. The Kier molecular flexibility index (Phi) is 7.78. The van der Waals surface area contributed by atoms with Crippen LogP contribution in [0.3, 0.4) is 0 Å². The van der Waals surface area contributed by atoms with Gasteiger partial charge in [-0.05, 0) is 36.6 Å². The van der Waals surface area contributed by atoms with Gasteiger partial charge in [0.05, 0.1) is 5.75 Å². The third-order valence-electron chi connectivity index (χ3n) is 4.28. The van der Waals surface area contributed by atoms with Crippen LogP contribution in [0.5, 0.6) is 0 Å². The minimum atomic E-state index is 0.303. The fourth-order valence-corrected chi connectivity index (χ4v) is 3.97. The standard InChI is InChI=1S/C18H28N2OS/c1-2-3-12-22-15-18(21)20(17-9-5-4-6-10-17)14-16-8-7-11-19-13-16/h7-8,11,13,17H,2-6,9-10,12,14-15H2,1H3. The Bertz CT molecular complexity index is 432. The second kappa shape index (κ2) is 9.88. The predicted octanol–water partition coefficient (Wildman–Crippen LogP) is 4.28. The first-order valence-electron chi connectivity index (χ1n) is 8.57. The lowest BCUT2D eigenvalue weighted by Gasteiger charge is -2.34. The van der Waals surface area contributed by atoms with Gasteiger partial charge in [0.25, 0.3) is 0 Å². The summed E-state index contributed by atoms with van der Waals surface area (Å²) in [7, 11) is 0. The first kappa shape index (κ1) is 17.3. The number of aromatic nitrogens is 1. The van der Waals surface area contributed by atoms with E-state index >= 15 is 0 Å². The summed E-state index contributed by atoms with van der Waals surface area (Å²) in [6.45, 7) is 2.91. The Morgan fingerprint density at radius 2 is 2.18 bits per heavy atom.